The van der Waals surface area contributed by atoms with E-state index in [2.05, 4.69) is 44.3 Å². The first-order chi connectivity index (χ1) is 10.0. The zero-order chi connectivity index (χ0) is 15.4. The Morgan fingerprint density at radius 2 is 2.05 bits per heavy atom. The van der Waals surface area contributed by atoms with Crippen molar-refractivity contribution in [3.63, 3.8) is 0 Å². The van der Waals surface area contributed by atoms with Gasteiger partial charge >= 0.3 is 0 Å². The Morgan fingerprint density at radius 1 is 1.33 bits per heavy atom. The summed E-state index contributed by atoms with van der Waals surface area (Å²) >= 11 is 0. The van der Waals surface area contributed by atoms with E-state index in [1.807, 2.05) is 0 Å². The number of hydrogen-bond acceptors (Lipinski definition) is 2. The minimum atomic E-state index is 0.0541. The summed E-state index contributed by atoms with van der Waals surface area (Å²) in [5.74, 6) is 0.625. The van der Waals surface area contributed by atoms with Gasteiger partial charge in [-0.05, 0) is 57.2 Å². The van der Waals surface area contributed by atoms with Crippen LogP contribution in [-0.2, 0) is 4.79 Å². The molecule has 2 rings (SSSR count). The predicted molar refractivity (Wildman–Crippen MR) is 87.0 cm³/mol. The monoisotopic (exact) mass is 288 g/mol. The van der Waals surface area contributed by atoms with Crippen LogP contribution < -0.4 is 11.1 Å². The third-order valence-electron chi connectivity index (χ3n) is 4.80. The first kappa shape index (κ1) is 16.0. The summed E-state index contributed by atoms with van der Waals surface area (Å²) in [5, 5.41) is 3.20. The molecule has 3 nitrogen and oxygen atoms in total. The molecule has 0 aromatic heterocycles. The molecular weight excluding hydrogens is 260 g/mol. The highest BCUT2D eigenvalue weighted by molar-refractivity contribution is 5.79. The van der Waals surface area contributed by atoms with E-state index in [-0.39, 0.29) is 17.9 Å². The van der Waals surface area contributed by atoms with Crippen LogP contribution in [0.5, 0.6) is 0 Å². The molecule has 1 fully saturated rings. The lowest BCUT2D eigenvalue weighted by Crippen LogP contribution is -2.40. The van der Waals surface area contributed by atoms with Crippen LogP contribution in [0.3, 0.4) is 0 Å². The number of nitrogens with one attached hydrogen (secondary N) is 1. The highest BCUT2D eigenvalue weighted by Gasteiger charge is 2.30. The molecule has 1 aliphatic carbocycles. The van der Waals surface area contributed by atoms with E-state index in [9.17, 15) is 4.79 Å². The molecule has 0 bridgehead atoms. The summed E-state index contributed by atoms with van der Waals surface area (Å²) < 4.78 is 0. The van der Waals surface area contributed by atoms with Crippen molar-refractivity contribution in [3.05, 3.63) is 34.9 Å². The molecule has 3 atom stereocenters. The molecular formula is C18H28N2O. The maximum Gasteiger partial charge on any atom is 0.223 e. The minimum Gasteiger partial charge on any atom is -0.349 e. The molecule has 0 radical (unpaired) electrons. The molecule has 0 aliphatic heterocycles. The summed E-state index contributed by atoms with van der Waals surface area (Å²) in [6, 6.07) is 6.45. The number of nitrogens with two attached hydrogens (primary N) is 1. The Hall–Kier alpha value is -1.35. The van der Waals surface area contributed by atoms with Gasteiger partial charge in [0.15, 0.2) is 0 Å². The first-order valence-corrected chi connectivity index (χ1v) is 8.10. The van der Waals surface area contributed by atoms with E-state index in [4.69, 9.17) is 5.73 Å². The van der Waals surface area contributed by atoms with E-state index in [0.29, 0.717) is 12.5 Å². The van der Waals surface area contributed by atoms with Gasteiger partial charge < -0.3 is 11.1 Å². The summed E-state index contributed by atoms with van der Waals surface area (Å²) in [6.45, 7) is 6.88. The molecule has 1 amide bonds. The number of hydrogen-bond donors (Lipinski definition) is 2. The Bertz CT molecular complexity index is 498. The van der Waals surface area contributed by atoms with Crippen molar-refractivity contribution in [2.24, 2.45) is 17.6 Å². The van der Waals surface area contributed by atoms with Crippen LogP contribution in [0, 0.1) is 25.7 Å². The number of aryl methyl sites for hydroxylation is 2. The van der Waals surface area contributed by atoms with Gasteiger partial charge in [0.2, 0.25) is 5.91 Å². The number of carbonyl (C=O) groups is 1. The van der Waals surface area contributed by atoms with Crippen LogP contribution in [-0.4, -0.2) is 12.5 Å². The van der Waals surface area contributed by atoms with Gasteiger partial charge in [-0.15, -0.1) is 0 Å². The SMILES string of the molecule is Cc1ccc(C(C)NC(=O)C2CCCCC2CN)c(C)c1. The second kappa shape index (κ2) is 7.08. The third kappa shape index (κ3) is 3.85. The fourth-order valence-electron chi connectivity index (χ4n) is 3.54. The molecule has 1 aromatic rings. The van der Waals surface area contributed by atoms with Gasteiger partial charge in [0.25, 0.3) is 0 Å². The molecule has 21 heavy (non-hydrogen) atoms. The number of carbonyl (C=O) groups excluding carboxylic acids is 1. The Balaban J connectivity index is 2.04. The summed E-state index contributed by atoms with van der Waals surface area (Å²) in [7, 11) is 0. The first-order valence-electron chi connectivity index (χ1n) is 8.10. The zero-order valence-corrected chi connectivity index (χ0v) is 13.5. The van der Waals surface area contributed by atoms with Crippen molar-refractivity contribution in [1.29, 1.82) is 0 Å². The summed E-state index contributed by atoms with van der Waals surface area (Å²) in [4.78, 5) is 12.6. The van der Waals surface area contributed by atoms with E-state index in [1.54, 1.807) is 0 Å². The second-order valence-electron chi connectivity index (χ2n) is 6.48. The fraction of sp³-hybridized carbons (Fsp3) is 0.611. The zero-order valence-electron chi connectivity index (χ0n) is 13.5. The summed E-state index contributed by atoms with van der Waals surface area (Å²) in [5.41, 5.74) is 9.53. The van der Waals surface area contributed by atoms with Crippen LogP contribution in [0.4, 0.5) is 0 Å². The number of benzene rings is 1. The Labute approximate surface area is 128 Å². The van der Waals surface area contributed by atoms with E-state index < -0.39 is 0 Å². The molecule has 0 heterocycles. The Kier molecular flexibility index (Phi) is 5.40. The number of amides is 1. The molecule has 3 heteroatoms. The lowest BCUT2D eigenvalue weighted by Gasteiger charge is -2.31. The molecule has 3 unspecified atom stereocenters. The van der Waals surface area contributed by atoms with Gasteiger partial charge in [0.05, 0.1) is 6.04 Å². The van der Waals surface area contributed by atoms with Gasteiger partial charge in [0.1, 0.15) is 0 Å². The normalized spacial score (nSPS) is 23.6. The highest BCUT2D eigenvalue weighted by atomic mass is 16.1. The van der Waals surface area contributed by atoms with Crippen molar-refractivity contribution < 1.29 is 4.79 Å². The highest BCUT2D eigenvalue weighted by Crippen LogP contribution is 2.30. The molecule has 0 saturated heterocycles. The predicted octanol–water partition coefficient (Wildman–Crippen LogP) is 3.25. The van der Waals surface area contributed by atoms with Crippen LogP contribution in [0.25, 0.3) is 0 Å². The fourth-order valence-corrected chi connectivity index (χ4v) is 3.54. The van der Waals surface area contributed by atoms with Crippen LogP contribution >= 0.6 is 0 Å². The number of rotatable bonds is 4. The molecule has 3 N–H and O–H groups in total. The average Bonchev–Trinajstić information content (AvgIpc) is 2.46. The quantitative estimate of drug-likeness (QED) is 0.893. The van der Waals surface area contributed by atoms with Crippen molar-refractivity contribution >= 4 is 5.91 Å². The standard InChI is InChI=1S/C18H28N2O/c1-12-8-9-16(13(2)10-12)14(3)20-18(21)17-7-5-4-6-15(17)11-19/h8-10,14-15,17H,4-7,11,19H2,1-3H3,(H,20,21). The van der Waals surface area contributed by atoms with Crippen molar-refractivity contribution in [1.82, 2.24) is 5.32 Å². The molecule has 1 aliphatic rings. The molecule has 116 valence electrons. The van der Waals surface area contributed by atoms with Gasteiger partial charge in [0, 0.05) is 5.92 Å². The second-order valence-corrected chi connectivity index (χ2v) is 6.48. The third-order valence-corrected chi connectivity index (χ3v) is 4.80. The largest absolute Gasteiger partial charge is 0.349 e. The van der Waals surface area contributed by atoms with Crippen LogP contribution in [0.1, 0.15) is 55.3 Å². The molecule has 0 spiro atoms. The van der Waals surface area contributed by atoms with Gasteiger partial charge in [-0.2, -0.15) is 0 Å². The Morgan fingerprint density at radius 3 is 2.71 bits per heavy atom. The van der Waals surface area contributed by atoms with Gasteiger partial charge in [-0.3, -0.25) is 4.79 Å². The molecule has 1 aromatic carbocycles. The van der Waals surface area contributed by atoms with Crippen molar-refractivity contribution in [2.75, 3.05) is 6.54 Å². The smallest absolute Gasteiger partial charge is 0.223 e. The lowest BCUT2D eigenvalue weighted by molar-refractivity contribution is -0.128. The maximum absolute atomic E-state index is 12.6. The average molecular weight is 288 g/mol. The van der Waals surface area contributed by atoms with Crippen LogP contribution in [0.15, 0.2) is 18.2 Å². The molecule has 1 saturated carbocycles. The van der Waals surface area contributed by atoms with Crippen LogP contribution in [0.2, 0.25) is 0 Å². The van der Waals surface area contributed by atoms with E-state index in [1.165, 1.54) is 23.1 Å². The van der Waals surface area contributed by atoms with E-state index in [0.717, 1.165) is 19.3 Å². The van der Waals surface area contributed by atoms with Gasteiger partial charge in [-0.1, -0.05) is 36.6 Å². The van der Waals surface area contributed by atoms with Crippen molar-refractivity contribution in [3.8, 4) is 0 Å². The van der Waals surface area contributed by atoms with Crippen molar-refractivity contribution in [2.45, 2.75) is 52.5 Å². The summed E-state index contributed by atoms with van der Waals surface area (Å²) in [6.07, 6.45) is 4.42. The maximum atomic E-state index is 12.6. The topological polar surface area (TPSA) is 55.1 Å². The minimum absolute atomic E-state index is 0.0541. The van der Waals surface area contributed by atoms with Gasteiger partial charge in [-0.25, -0.2) is 0 Å². The van der Waals surface area contributed by atoms with E-state index >= 15 is 0 Å². The lowest BCUT2D eigenvalue weighted by atomic mass is 9.78.